The van der Waals surface area contributed by atoms with E-state index in [1.807, 2.05) is 65.5 Å². The number of pyridine rings is 1. The molecule has 7 heteroatoms. The molecule has 0 saturated carbocycles. The van der Waals surface area contributed by atoms with Gasteiger partial charge in [-0.3, -0.25) is 9.55 Å². The lowest BCUT2D eigenvalue weighted by Crippen LogP contribution is -2.05. The number of methoxy groups -OCH3 is 2. The Morgan fingerprint density at radius 1 is 0.900 bits per heavy atom. The molecular formula is C23H19N5O2. The Morgan fingerprint density at radius 2 is 1.63 bits per heavy atom. The van der Waals surface area contributed by atoms with Crippen LogP contribution in [0.2, 0.25) is 0 Å². The first-order valence-electron chi connectivity index (χ1n) is 9.40. The van der Waals surface area contributed by atoms with Crippen LogP contribution in [0.5, 0.6) is 11.5 Å². The van der Waals surface area contributed by atoms with Gasteiger partial charge in [0.1, 0.15) is 5.82 Å². The first-order chi connectivity index (χ1) is 14.7. The van der Waals surface area contributed by atoms with E-state index in [1.165, 1.54) is 0 Å². The molecule has 0 spiro atoms. The van der Waals surface area contributed by atoms with Gasteiger partial charge < -0.3 is 15.2 Å². The van der Waals surface area contributed by atoms with Crippen LogP contribution in [0, 0.1) is 0 Å². The van der Waals surface area contributed by atoms with Crippen molar-refractivity contribution in [3.8, 4) is 28.7 Å². The molecular weight excluding hydrogens is 378 g/mol. The van der Waals surface area contributed by atoms with Crippen molar-refractivity contribution in [3.05, 3.63) is 67.1 Å². The lowest BCUT2D eigenvalue weighted by Gasteiger charge is -2.16. The highest BCUT2D eigenvalue weighted by Crippen LogP contribution is 2.44. The topological polar surface area (TPSA) is 88.1 Å². The number of fused-ring (bicyclic) bond motifs is 2. The van der Waals surface area contributed by atoms with Crippen molar-refractivity contribution in [1.29, 1.82) is 0 Å². The van der Waals surface area contributed by atoms with Crippen LogP contribution in [-0.4, -0.2) is 33.7 Å². The van der Waals surface area contributed by atoms with Gasteiger partial charge in [0.05, 0.1) is 36.4 Å². The molecule has 0 unspecified atom stereocenters. The number of hydrogen-bond acceptors (Lipinski definition) is 6. The number of nitrogens with two attached hydrogens (primary N) is 1. The van der Waals surface area contributed by atoms with Crippen LogP contribution < -0.4 is 15.2 Å². The highest BCUT2D eigenvalue weighted by Gasteiger charge is 2.22. The van der Waals surface area contributed by atoms with Gasteiger partial charge >= 0.3 is 0 Å². The van der Waals surface area contributed by atoms with Crippen LogP contribution in [-0.2, 0) is 0 Å². The second-order valence-electron chi connectivity index (χ2n) is 6.80. The highest BCUT2D eigenvalue weighted by atomic mass is 16.5. The van der Waals surface area contributed by atoms with Crippen molar-refractivity contribution >= 4 is 27.5 Å². The fraction of sp³-hybridized carbons (Fsp3) is 0.0870. The highest BCUT2D eigenvalue weighted by molar-refractivity contribution is 6.05. The van der Waals surface area contributed by atoms with E-state index < -0.39 is 0 Å². The summed E-state index contributed by atoms with van der Waals surface area (Å²) in [5, 5.41) is 2.87. The average molecular weight is 397 g/mol. The van der Waals surface area contributed by atoms with Crippen molar-refractivity contribution in [2.24, 2.45) is 0 Å². The molecule has 0 aliphatic rings. The van der Waals surface area contributed by atoms with Crippen molar-refractivity contribution in [1.82, 2.24) is 19.5 Å². The van der Waals surface area contributed by atoms with E-state index in [0.717, 1.165) is 10.8 Å². The molecule has 0 amide bonds. The molecule has 7 nitrogen and oxygen atoms in total. The molecule has 5 rings (SSSR count). The third-order valence-electron chi connectivity index (χ3n) is 5.05. The minimum Gasteiger partial charge on any atom is -0.493 e. The Labute approximate surface area is 172 Å². The van der Waals surface area contributed by atoms with E-state index >= 15 is 0 Å². The van der Waals surface area contributed by atoms with Crippen molar-refractivity contribution < 1.29 is 9.47 Å². The van der Waals surface area contributed by atoms with Gasteiger partial charge in [0.25, 0.3) is 0 Å². The minimum absolute atomic E-state index is 0.342. The molecule has 2 N–H and O–H groups in total. The van der Waals surface area contributed by atoms with Crippen LogP contribution >= 0.6 is 0 Å². The smallest absolute Gasteiger partial charge is 0.236 e. The summed E-state index contributed by atoms with van der Waals surface area (Å²) in [6.45, 7) is 0. The molecule has 0 atom stereocenters. The van der Waals surface area contributed by atoms with Crippen LogP contribution in [0.1, 0.15) is 0 Å². The maximum atomic E-state index is 6.45. The van der Waals surface area contributed by atoms with Gasteiger partial charge in [0.15, 0.2) is 11.5 Å². The molecule has 2 aromatic carbocycles. The number of rotatable bonds is 4. The standard InChI is InChI=1S/C23H19N5O2/c1-29-18-11-17-20(19(21(18)30-2)16-9-5-6-10-25-16)22(24)27-23(26-17)28-12-14-7-3-4-8-15(14)13-28/h3-13H,1-2H3,(H2,24,26,27). The van der Waals surface area contributed by atoms with Crippen molar-refractivity contribution in [2.75, 3.05) is 20.0 Å². The molecule has 3 aromatic heterocycles. The van der Waals surface area contributed by atoms with Gasteiger partial charge in [-0.1, -0.05) is 30.3 Å². The van der Waals surface area contributed by atoms with Gasteiger partial charge in [0.2, 0.25) is 5.95 Å². The lowest BCUT2D eigenvalue weighted by atomic mass is 10.0. The van der Waals surface area contributed by atoms with E-state index in [4.69, 9.17) is 20.2 Å². The maximum absolute atomic E-state index is 6.45. The lowest BCUT2D eigenvalue weighted by molar-refractivity contribution is 0.357. The van der Waals surface area contributed by atoms with Crippen LogP contribution in [0.4, 0.5) is 5.82 Å². The summed E-state index contributed by atoms with van der Waals surface area (Å²) < 4.78 is 13.1. The number of aromatic nitrogens is 4. The molecule has 3 heterocycles. The van der Waals surface area contributed by atoms with Gasteiger partial charge in [0, 0.05) is 24.7 Å². The Kier molecular flexibility index (Phi) is 4.21. The summed E-state index contributed by atoms with van der Waals surface area (Å²) in [6.07, 6.45) is 5.68. The first kappa shape index (κ1) is 17.9. The summed E-state index contributed by atoms with van der Waals surface area (Å²) >= 11 is 0. The normalized spacial score (nSPS) is 11.1. The molecule has 5 aromatic rings. The van der Waals surface area contributed by atoms with Crippen LogP contribution in [0.25, 0.3) is 38.9 Å². The predicted molar refractivity (Wildman–Crippen MR) is 117 cm³/mol. The number of nitrogen functional groups attached to an aromatic ring is 1. The molecule has 0 aliphatic heterocycles. The van der Waals surface area contributed by atoms with Gasteiger partial charge in [-0.05, 0) is 22.9 Å². The summed E-state index contributed by atoms with van der Waals surface area (Å²) in [5.41, 5.74) is 8.50. The van der Waals surface area contributed by atoms with E-state index in [-0.39, 0.29) is 0 Å². The predicted octanol–water partition coefficient (Wildman–Crippen LogP) is 4.24. The summed E-state index contributed by atoms with van der Waals surface area (Å²) in [7, 11) is 3.18. The Balaban J connectivity index is 1.81. The largest absolute Gasteiger partial charge is 0.493 e. The quantitative estimate of drug-likeness (QED) is 0.488. The Hall–Kier alpha value is -4.13. The molecule has 0 fully saturated rings. The maximum Gasteiger partial charge on any atom is 0.236 e. The summed E-state index contributed by atoms with van der Waals surface area (Å²) in [4.78, 5) is 13.9. The van der Waals surface area contributed by atoms with Gasteiger partial charge in [-0.2, -0.15) is 4.98 Å². The SMILES string of the molecule is COc1cc2nc(-n3cc4ccccc4c3)nc(N)c2c(-c2ccccn2)c1OC. The summed E-state index contributed by atoms with van der Waals surface area (Å²) in [6, 6.07) is 15.6. The van der Waals surface area contributed by atoms with Crippen LogP contribution in [0.3, 0.4) is 0 Å². The number of nitrogens with zero attached hydrogens (tertiary/aromatic N) is 4. The number of ether oxygens (including phenoxy) is 2. The first-order valence-corrected chi connectivity index (χ1v) is 9.40. The molecule has 0 saturated heterocycles. The number of benzene rings is 2. The summed E-state index contributed by atoms with van der Waals surface area (Å²) in [5.74, 6) is 1.91. The van der Waals surface area contributed by atoms with Crippen molar-refractivity contribution in [3.63, 3.8) is 0 Å². The zero-order valence-corrected chi connectivity index (χ0v) is 16.5. The van der Waals surface area contributed by atoms with Crippen molar-refractivity contribution in [2.45, 2.75) is 0 Å². The zero-order valence-electron chi connectivity index (χ0n) is 16.5. The minimum atomic E-state index is 0.342. The van der Waals surface area contributed by atoms with Crippen LogP contribution in [0.15, 0.2) is 67.1 Å². The van der Waals surface area contributed by atoms with E-state index in [0.29, 0.717) is 45.4 Å². The zero-order chi connectivity index (χ0) is 20.7. The second kappa shape index (κ2) is 7.04. The molecule has 0 aliphatic carbocycles. The number of hydrogen-bond donors (Lipinski definition) is 1. The van der Waals surface area contributed by atoms with Gasteiger partial charge in [-0.15, -0.1) is 0 Å². The second-order valence-corrected chi connectivity index (χ2v) is 6.80. The third kappa shape index (κ3) is 2.79. The molecule has 0 radical (unpaired) electrons. The fourth-order valence-corrected chi connectivity index (χ4v) is 3.69. The number of anilines is 1. The van der Waals surface area contributed by atoms with Gasteiger partial charge in [-0.25, -0.2) is 4.98 Å². The monoisotopic (exact) mass is 397 g/mol. The molecule has 148 valence electrons. The average Bonchev–Trinajstić information content (AvgIpc) is 3.22. The molecule has 0 bridgehead atoms. The third-order valence-corrected chi connectivity index (χ3v) is 5.05. The Bertz CT molecular complexity index is 1350. The molecule has 30 heavy (non-hydrogen) atoms. The van der Waals surface area contributed by atoms with E-state index in [9.17, 15) is 0 Å². The van der Waals surface area contributed by atoms with E-state index in [1.54, 1.807) is 20.4 Å². The fourth-order valence-electron chi connectivity index (χ4n) is 3.69. The Morgan fingerprint density at radius 3 is 2.27 bits per heavy atom. The van der Waals surface area contributed by atoms with E-state index in [2.05, 4.69) is 9.97 Å².